The number of aliphatic hydroxyl groups is 4. The van der Waals surface area contributed by atoms with Crippen molar-refractivity contribution in [1.29, 1.82) is 0 Å². The fourth-order valence-corrected chi connectivity index (χ4v) is 1.55. The Hall–Kier alpha value is -1.19. The van der Waals surface area contributed by atoms with Gasteiger partial charge in [0, 0.05) is 18.6 Å². The van der Waals surface area contributed by atoms with E-state index >= 15 is 0 Å². The summed E-state index contributed by atoms with van der Waals surface area (Å²) in [6.45, 7) is -0.966. The summed E-state index contributed by atoms with van der Waals surface area (Å²) in [5.41, 5.74) is -2.26. The van der Waals surface area contributed by atoms with Crippen molar-refractivity contribution in [3.8, 4) is 0 Å². The van der Waals surface area contributed by atoms with Gasteiger partial charge in [-0.05, 0) is 5.56 Å². The van der Waals surface area contributed by atoms with Crippen LogP contribution < -0.4 is 0 Å². The monoisotopic (exact) mass is 275 g/mol. The molecule has 0 fully saturated rings. The van der Waals surface area contributed by atoms with E-state index in [0.717, 1.165) is 0 Å². The Labute approximate surface area is 108 Å². The Morgan fingerprint density at radius 3 is 2.39 bits per heavy atom. The number of nitrogens with zero attached hydrogens (tertiary/aromatic N) is 1. The highest BCUT2D eigenvalue weighted by Gasteiger charge is 2.45. The summed E-state index contributed by atoms with van der Waals surface area (Å²) in [7, 11) is 0. The van der Waals surface area contributed by atoms with Crippen molar-refractivity contribution in [2.24, 2.45) is 0 Å². The topological polar surface area (TPSA) is 124 Å². The van der Waals surface area contributed by atoms with Crippen LogP contribution in [-0.4, -0.2) is 42.7 Å². The third-order valence-electron chi connectivity index (χ3n) is 2.50. The number of rotatable bonds is 5. The number of nitro groups is 1. The van der Waals surface area contributed by atoms with Crippen molar-refractivity contribution in [1.82, 2.24) is 0 Å². The molecule has 1 unspecified atom stereocenters. The maximum absolute atomic E-state index is 10.6. The van der Waals surface area contributed by atoms with Crippen LogP contribution in [0.15, 0.2) is 24.3 Å². The minimum Gasteiger partial charge on any atom is -0.393 e. The second-order valence-corrected chi connectivity index (χ2v) is 4.55. The van der Waals surface area contributed by atoms with Gasteiger partial charge in [0.25, 0.3) is 5.69 Å². The van der Waals surface area contributed by atoms with Gasteiger partial charge in [0.15, 0.2) is 5.60 Å². The molecule has 0 saturated heterocycles. The van der Waals surface area contributed by atoms with E-state index in [4.69, 9.17) is 5.11 Å². The van der Waals surface area contributed by atoms with Crippen LogP contribution in [0.3, 0.4) is 0 Å². The molecule has 0 heterocycles. The zero-order chi connectivity index (χ0) is 14.0. The molecule has 0 aliphatic rings. The first-order valence-electron chi connectivity index (χ1n) is 4.93. The maximum atomic E-state index is 10.6. The normalized spacial score (nSPS) is 15.2. The molecule has 0 radical (unpaired) electrons. The van der Waals surface area contributed by atoms with Crippen molar-refractivity contribution in [2.75, 3.05) is 6.61 Å². The zero-order valence-corrected chi connectivity index (χ0v) is 10.1. The van der Waals surface area contributed by atoms with E-state index in [9.17, 15) is 25.4 Å². The van der Waals surface area contributed by atoms with Crippen molar-refractivity contribution >= 4 is 18.3 Å². The highest BCUT2D eigenvalue weighted by atomic mass is 32.1. The van der Waals surface area contributed by atoms with Crippen molar-refractivity contribution in [2.45, 2.75) is 17.1 Å². The van der Waals surface area contributed by atoms with Gasteiger partial charge in [-0.25, -0.2) is 0 Å². The summed E-state index contributed by atoms with van der Waals surface area (Å²) in [6.07, 6.45) is -0.401. The molecule has 0 spiro atoms. The van der Waals surface area contributed by atoms with Gasteiger partial charge in [0.05, 0.1) is 11.5 Å². The number of hydrogen-bond donors (Lipinski definition) is 5. The van der Waals surface area contributed by atoms with Crippen LogP contribution in [0.25, 0.3) is 0 Å². The molecule has 4 N–H and O–H groups in total. The Bertz CT molecular complexity index is 446. The molecule has 0 aliphatic carbocycles. The fraction of sp³-hybridized carbons (Fsp3) is 0.400. The van der Waals surface area contributed by atoms with Gasteiger partial charge in [-0.2, -0.15) is 0 Å². The Morgan fingerprint density at radius 2 is 1.94 bits per heavy atom. The van der Waals surface area contributed by atoms with E-state index in [1.54, 1.807) is 0 Å². The third kappa shape index (κ3) is 3.18. The van der Waals surface area contributed by atoms with E-state index in [-0.39, 0.29) is 11.3 Å². The van der Waals surface area contributed by atoms with E-state index in [0.29, 0.717) is 0 Å². The second-order valence-electron chi connectivity index (χ2n) is 3.93. The Kier molecular flexibility index (Phi) is 4.30. The Balaban J connectivity index is 3.03. The molecule has 8 heteroatoms. The predicted molar refractivity (Wildman–Crippen MR) is 65.0 cm³/mol. The average molecular weight is 275 g/mol. The number of nitro benzene ring substituents is 1. The highest BCUT2D eigenvalue weighted by Crippen LogP contribution is 2.28. The molecule has 1 rings (SSSR count). The highest BCUT2D eigenvalue weighted by molar-refractivity contribution is 7.81. The number of non-ortho nitro benzene ring substituents is 1. The van der Waals surface area contributed by atoms with Gasteiger partial charge in [-0.3, -0.25) is 10.1 Å². The van der Waals surface area contributed by atoms with E-state index in [2.05, 4.69) is 12.6 Å². The lowest BCUT2D eigenvalue weighted by molar-refractivity contribution is -0.384. The van der Waals surface area contributed by atoms with Crippen LogP contribution in [0.5, 0.6) is 0 Å². The summed E-state index contributed by atoms with van der Waals surface area (Å²) in [4.78, 5) is 9.95. The minimum absolute atomic E-state index is 0.201. The number of thiol groups is 1. The fourth-order valence-electron chi connectivity index (χ4n) is 1.40. The second kappa shape index (κ2) is 5.21. The molecule has 7 nitrogen and oxygen atoms in total. The molecule has 100 valence electrons. The van der Waals surface area contributed by atoms with Gasteiger partial charge in [0.1, 0.15) is 0 Å². The summed E-state index contributed by atoms with van der Waals surface area (Å²) in [6, 6.07) is 5.26. The molecule has 1 aromatic carbocycles. The van der Waals surface area contributed by atoms with Gasteiger partial charge in [0.2, 0.25) is 5.12 Å². The van der Waals surface area contributed by atoms with Crippen molar-refractivity contribution in [3.05, 3.63) is 39.9 Å². The number of aliphatic hydroxyl groups excluding tert-OH is 1. The standard InChI is InChI=1S/C10H13NO6S/c12-6-9(13,10(14,15)18)5-7-2-1-3-8(4-7)11(16)17/h1-4,12-15,18H,5-6H2. The molecule has 0 amide bonds. The van der Waals surface area contributed by atoms with Crippen LogP contribution in [0, 0.1) is 10.1 Å². The van der Waals surface area contributed by atoms with E-state index in [1.807, 2.05) is 0 Å². The van der Waals surface area contributed by atoms with E-state index < -0.39 is 28.7 Å². The lowest BCUT2D eigenvalue weighted by atomic mass is 9.94. The molecule has 0 aromatic heterocycles. The van der Waals surface area contributed by atoms with Crippen LogP contribution in [0.2, 0.25) is 0 Å². The summed E-state index contributed by atoms with van der Waals surface area (Å²) >= 11 is 3.38. The largest absolute Gasteiger partial charge is 0.393 e. The molecule has 0 aliphatic heterocycles. The van der Waals surface area contributed by atoms with Crippen LogP contribution in [0.1, 0.15) is 5.56 Å². The van der Waals surface area contributed by atoms with Crippen molar-refractivity contribution < 1.29 is 25.3 Å². The van der Waals surface area contributed by atoms with Gasteiger partial charge < -0.3 is 20.4 Å². The lowest BCUT2D eigenvalue weighted by Crippen LogP contribution is -2.54. The lowest BCUT2D eigenvalue weighted by Gasteiger charge is -2.34. The summed E-state index contributed by atoms with van der Waals surface area (Å²) < 4.78 is 0. The summed E-state index contributed by atoms with van der Waals surface area (Å²) in [5.74, 6) is 0. The predicted octanol–water partition coefficient (Wildman–Crippen LogP) is -0.571. The van der Waals surface area contributed by atoms with Gasteiger partial charge in [-0.15, -0.1) is 12.6 Å². The first-order valence-corrected chi connectivity index (χ1v) is 5.38. The molecular weight excluding hydrogens is 262 g/mol. The van der Waals surface area contributed by atoms with Crippen LogP contribution in [-0.2, 0) is 6.42 Å². The van der Waals surface area contributed by atoms with Gasteiger partial charge >= 0.3 is 0 Å². The summed E-state index contributed by atoms with van der Waals surface area (Å²) in [5, 5.41) is 45.1. The molecular formula is C10H13NO6S. The van der Waals surface area contributed by atoms with Crippen LogP contribution in [0.4, 0.5) is 5.69 Å². The number of benzene rings is 1. The molecule has 18 heavy (non-hydrogen) atoms. The van der Waals surface area contributed by atoms with Crippen LogP contribution >= 0.6 is 12.6 Å². The molecule has 0 saturated carbocycles. The smallest absolute Gasteiger partial charge is 0.269 e. The molecule has 1 aromatic rings. The third-order valence-corrected chi connectivity index (χ3v) is 2.92. The molecule has 1 atom stereocenters. The van der Waals surface area contributed by atoms with Crippen molar-refractivity contribution in [3.63, 3.8) is 0 Å². The number of hydrogen-bond acceptors (Lipinski definition) is 7. The first-order chi connectivity index (χ1) is 8.19. The Morgan fingerprint density at radius 1 is 1.33 bits per heavy atom. The quantitative estimate of drug-likeness (QED) is 0.212. The van der Waals surface area contributed by atoms with Gasteiger partial charge in [-0.1, -0.05) is 12.1 Å². The SMILES string of the molecule is O=[N+]([O-])c1cccc(CC(O)(CO)C(O)(O)S)c1. The zero-order valence-electron chi connectivity index (χ0n) is 9.22. The first kappa shape index (κ1) is 14.9. The molecule has 0 bridgehead atoms. The maximum Gasteiger partial charge on any atom is 0.269 e. The van der Waals surface area contributed by atoms with E-state index in [1.165, 1.54) is 24.3 Å². The average Bonchev–Trinajstić information content (AvgIpc) is 2.27. The minimum atomic E-state index is -2.83.